The van der Waals surface area contributed by atoms with Gasteiger partial charge in [-0.3, -0.25) is 28.6 Å². The number of hydrogen-bond donors (Lipinski definition) is 1. The summed E-state index contributed by atoms with van der Waals surface area (Å²) < 4.78 is 27.6. The predicted octanol–water partition coefficient (Wildman–Crippen LogP) is 2.09. The fraction of sp³-hybridized carbons (Fsp3) is 0.100. The molecule has 3 amide bonds. The van der Waals surface area contributed by atoms with Gasteiger partial charge in [0, 0.05) is 11.1 Å². The molecule has 5 rings (SSSR count). The lowest BCUT2D eigenvalue weighted by molar-refractivity contribution is -0.115. The topological polar surface area (TPSA) is 117 Å². The Labute approximate surface area is 181 Å². The number of benzene rings is 1. The third kappa shape index (κ3) is 3.09. The van der Waals surface area contributed by atoms with Crippen LogP contribution in [-0.4, -0.2) is 42.6 Å². The van der Waals surface area contributed by atoms with Crippen LogP contribution in [0.2, 0.25) is 0 Å². The second kappa shape index (κ2) is 7.00. The molecule has 0 spiro atoms. The van der Waals surface area contributed by atoms with E-state index < -0.39 is 27.7 Å². The first-order valence-corrected chi connectivity index (χ1v) is 11.4. The molecule has 31 heavy (non-hydrogen) atoms. The zero-order chi connectivity index (χ0) is 21.8. The lowest BCUT2D eigenvalue weighted by Crippen LogP contribution is -2.41. The second-order valence-electron chi connectivity index (χ2n) is 6.89. The van der Waals surface area contributed by atoms with E-state index in [4.69, 9.17) is 0 Å². The molecular formula is C20H14N4O5S2. The zero-order valence-corrected chi connectivity index (χ0v) is 17.4. The lowest BCUT2D eigenvalue weighted by atomic mass is 10.2. The number of nitrogens with zero attached hydrogens (tertiary/aromatic N) is 3. The molecule has 4 heterocycles. The molecule has 0 aliphatic carbocycles. The number of pyridine rings is 1. The van der Waals surface area contributed by atoms with Crippen molar-refractivity contribution in [2.24, 2.45) is 0 Å². The Balaban J connectivity index is 1.43. The first-order chi connectivity index (χ1) is 14.9. The Morgan fingerprint density at radius 3 is 2.61 bits per heavy atom. The Bertz CT molecular complexity index is 1330. The van der Waals surface area contributed by atoms with Gasteiger partial charge in [-0.15, -0.1) is 11.3 Å². The standard InChI is InChI=1S/C20H14N4O5S2/c25-16-11-24(15-6-2-1-5-14(15)22-16)31(28,29)17-8-7-12(30-17)10-23-19(26)13-4-3-9-21-18(13)20(23)27/h1-9H,10-11H2,(H,22,25). The smallest absolute Gasteiger partial charge is 0.280 e. The van der Waals surface area contributed by atoms with Gasteiger partial charge in [-0.25, -0.2) is 8.42 Å². The number of aromatic nitrogens is 1. The van der Waals surface area contributed by atoms with Crippen molar-refractivity contribution in [1.29, 1.82) is 0 Å². The summed E-state index contributed by atoms with van der Waals surface area (Å²) in [6.07, 6.45) is 1.44. The van der Waals surface area contributed by atoms with Gasteiger partial charge in [-0.2, -0.15) is 0 Å². The van der Waals surface area contributed by atoms with Crippen molar-refractivity contribution in [1.82, 2.24) is 9.88 Å². The van der Waals surface area contributed by atoms with Crippen LogP contribution in [0, 0.1) is 0 Å². The van der Waals surface area contributed by atoms with E-state index in [1.165, 1.54) is 18.3 Å². The molecule has 2 aromatic heterocycles. The quantitative estimate of drug-likeness (QED) is 0.604. The van der Waals surface area contributed by atoms with Crippen molar-refractivity contribution in [3.05, 3.63) is 70.9 Å². The lowest BCUT2D eigenvalue weighted by Gasteiger charge is -2.29. The maximum absolute atomic E-state index is 13.3. The number of hydrogen-bond acceptors (Lipinski definition) is 7. The van der Waals surface area contributed by atoms with E-state index in [1.807, 2.05) is 0 Å². The van der Waals surface area contributed by atoms with E-state index in [0.717, 1.165) is 20.5 Å². The second-order valence-corrected chi connectivity index (χ2v) is 10.2. The minimum atomic E-state index is -4.01. The molecule has 9 nitrogen and oxygen atoms in total. The average Bonchev–Trinajstić information content (AvgIpc) is 3.33. The van der Waals surface area contributed by atoms with Crippen LogP contribution in [0.25, 0.3) is 0 Å². The first kappa shape index (κ1) is 19.4. The number of fused-ring (bicyclic) bond motifs is 2. The van der Waals surface area contributed by atoms with Gasteiger partial charge in [0.1, 0.15) is 16.4 Å². The molecule has 0 atom stereocenters. The number of carbonyl (C=O) groups excluding carboxylic acids is 3. The van der Waals surface area contributed by atoms with Crippen LogP contribution >= 0.6 is 11.3 Å². The molecule has 11 heteroatoms. The summed E-state index contributed by atoms with van der Waals surface area (Å²) in [6.45, 7) is -0.401. The van der Waals surface area contributed by atoms with Gasteiger partial charge in [0.15, 0.2) is 0 Å². The molecule has 1 N–H and O–H groups in total. The highest BCUT2D eigenvalue weighted by Crippen LogP contribution is 2.35. The van der Waals surface area contributed by atoms with Gasteiger partial charge in [0.05, 0.1) is 23.5 Å². The largest absolute Gasteiger partial charge is 0.323 e. The zero-order valence-electron chi connectivity index (χ0n) is 15.8. The SMILES string of the molecule is O=C1CN(S(=O)(=O)c2ccc(CN3C(=O)c4cccnc4C3=O)s2)c2ccccc2N1. The molecule has 3 aromatic rings. The van der Waals surface area contributed by atoms with Crippen molar-refractivity contribution < 1.29 is 22.8 Å². The molecule has 0 saturated heterocycles. The summed E-state index contributed by atoms with van der Waals surface area (Å²) in [5.41, 5.74) is 1.11. The van der Waals surface area contributed by atoms with Gasteiger partial charge < -0.3 is 5.32 Å². The Morgan fingerprint density at radius 2 is 1.81 bits per heavy atom. The van der Waals surface area contributed by atoms with E-state index in [-0.39, 0.29) is 28.6 Å². The molecule has 0 saturated carbocycles. The van der Waals surface area contributed by atoms with E-state index in [0.29, 0.717) is 16.3 Å². The highest BCUT2D eigenvalue weighted by atomic mass is 32.2. The van der Waals surface area contributed by atoms with Gasteiger partial charge in [0.25, 0.3) is 21.8 Å². The summed E-state index contributed by atoms with van der Waals surface area (Å²) in [4.78, 5) is 42.6. The Morgan fingerprint density at radius 1 is 1.00 bits per heavy atom. The van der Waals surface area contributed by atoms with Crippen molar-refractivity contribution in [2.45, 2.75) is 10.8 Å². The van der Waals surface area contributed by atoms with Crippen molar-refractivity contribution >= 4 is 50.5 Å². The molecule has 0 unspecified atom stereocenters. The third-order valence-electron chi connectivity index (χ3n) is 4.96. The van der Waals surface area contributed by atoms with Crippen molar-refractivity contribution in [3.8, 4) is 0 Å². The number of thiophene rings is 1. The normalized spacial score (nSPS) is 15.7. The molecule has 0 radical (unpaired) electrons. The van der Waals surface area contributed by atoms with Crippen molar-refractivity contribution in [3.63, 3.8) is 0 Å². The number of imide groups is 1. The van der Waals surface area contributed by atoms with Crippen LogP contribution in [0.4, 0.5) is 11.4 Å². The van der Waals surface area contributed by atoms with Crippen LogP contribution < -0.4 is 9.62 Å². The Hall–Kier alpha value is -3.57. The Kier molecular flexibility index (Phi) is 4.38. The fourth-order valence-corrected chi connectivity index (χ4v) is 6.42. The number of amides is 3. The summed E-state index contributed by atoms with van der Waals surface area (Å²) in [5, 5.41) is 2.66. The number of rotatable bonds is 4. The summed E-state index contributed by atoms with van der Waals surface area (Å²) in [6, 6.07) is 12.7. The third-order valence-corrected chi connectivity index (χ3v) is 8.26. The molecular weight excluding hydrogens is 440 g/mol. The van der Waals surface area contributed by atoms with E-state index in [2.05, 4.69) is 10.3 Å². The first-order valence-electron chi connectivity index (χ1n) is 9.18. The van der Waals surface area contributed by atoms with E-state index in [9.17, 15) is 22.8 Å². The minimum Gasteiger partial charge on any atom is -0.323 e. The van der Waals surface area contributed by atoms with Crippen LogP contribution in [0.1, 0.15) is 25.7 Å². The van der Waals surface area contributed by atoms with E-state index >= 15 is 0 Å². The van der Waals surface area contributed by atoms with Gasteiger partial charge in [0.2, 0.25) is 5.91 Å². The van der Waals surface area contributed by atoms with Crippen LogP contribution in [-0.2, 0) is 21.4 Å². The van der Waals surface area contributed by atoms with Gasteiger partial charge in [-0.05, 0) is 36.4 Å². The number of nitrogens with one attached hydrogen (secondary N) is 1. The summed E-state index contributed by atoms with van der Waals surface area (Å²) in [5.74, 6) is -1.41. The number of carbonyl (C=O) groups is 3. The molecule has 0 bridgehead atoms. The molecule has 156 valence electrons. The number of sulfonamides is 1. The highest BCUT2D eigenvalue weighted by Gasteiger charge is 2.37. The minimum absolute atomic E-state index is 0.0155. The maximum atomic E-state index is 13.3. The average molecular weight is 454 g/mol. The van der Waals surface area contributed by atoms with E-state index in [1.54, 1.807) is 36.4 Å². The molecule has 0 fully saturated rings. The van der Waals surface area contributed by atoms with Crippen LogP contribution in [0.15, 0.2) is 58.9 Å². The number of anilines is 2. The monoisotopic (exact) mass is 454 g/mol. The van der Waals surface area contributed by atoms with Gasteiger partial charge in [-0.1, -0.05) is 12.1 Å². The van der Waals surface area contributed by atoms with Gasteiger partial charge >= 0.3 is 0 Å². The van der Waals surface area contributed by atoms with Crippen LogP contribution in [0.5, 0.6) is 0 Å². The van der Waals surface area contributed by atoms with Crippen LogP contribution in [0.3, 0.4) is 0 Å². The highest BCUT2D eigenvalue weighted by molar-refractivity contribution is 7.94. The summed E-state index contributed by atoms with van der Waals surface area (Å²) >= 11 is 0.951. The predicted molar refractivity (Wildman–Crippen MR) is 112 cm³/mol. The maximum Gasteiger partial charge on any atom is 0.280 e. The summed E-state index contributed by atoms with van der Waals surface area (Å²) in [7, 11) is -4.01. The molecule has 2 aliphatic rings. The molecule has 2 aliphatic heterocycles. The molecule has 1 aromatic carbocycles. The number of para-hydroxylation sites is 2. The fourth-order valence-electron chi connectivity index (χ4n) is 3.52. The van der Waals surface area contributed by atoms with Crippen molar-refractivity contribution in [2.75, 3.05) is 16.2 Å².